The second-order valence-electron chi connectivity index (χ2n) is 6.33. The van der Waals surface area contributed by atoms with E-state index in [0.29, 0.717) is 0 Å². The lowest BCUT2D eigenvalue weighted by atomic mass is 10.1. The van der Waals surface area contributed by atoms with Gasteiger partial charge in [-0.3, -0.25) is 19.4 Å². The van der Waals surface area contributed by atoms with Gasteiger partial charge in [0.2, 0.25) is 13.5 Å². The number of halogens is 1. The van der Waals surface area contributed by atoms with Crippen LogP contribution in [0.3, 0.4) is 0 Å². The standard InChI is InChI=1S/C14H19BrN5O7PS.H2O2/c15-13-17-9-11(18-14(16)19(12(9)25)3-1-2-8(23)24)20(13)4-6(21)10-7(22)5-26-28(29)27-10;1-2/h6-7,10,21-22,29H,1-5H2,(H2,16,18)(H,23,24);1-2H/p+1. The molecule has 4 unspecified atom stereocenters. The summed E-state index contributed by atoms with van der Waals surface area (Å²) in [5.74, 6) is -1.08. The molecule has 0 saturated carbocycles. The highest BCUT2D eigenvalue weighted by Crippen LogP contribution is 2.48. The molecule has 1 aliphatic heterocycles. The van der Waals surface area contributed by atoms with E-state index in [2.05, 4.69) is 38.1 Å². The third-order valence-corrected chi connectivity index (χ3v) is 6.34. The normalized spacial score (nSPS) is 22.1. The van der Waals surface area contributed by atoms with Crippen LogP contribution in [0.15, 0.2) is 9.53 Å². The lowest BCUT2D eigenvalue weighted by molar-refractivity contribution is -0.176. The predicted molar refractivity (Wildman–Crippen MR) is 116 cm³/mol. The fourth-order valence-corrected chi connectivity index (χ4v) is 4.75. The van der Waals surface area contributed by atoms with E-state index in [1.54, 1.807) is 0 Å². The number of nitrogens with two attached hydrogens (primary N) is 1. The monoisotopic (exact) mass is 546 g/mol. The summed E-state index contributed by atoms with van der Waals surface area (Å²) in [6.45, 7) is -0.0275. The average molecular weight is 547 g/mol. The van der Waals surface area contributed by atoms with Gasteiger partial charge in [-0.05, 0) is 22.4 Å². The van der Waals surface area contributed by atoms with E-state index >= 15 is 0 Å². The minimum atomic E-state index is -1.51. The summed E-state index contributed by atoms with van der Waals surface area (Å²) in [5, 5.41) is 40.3. The van der Waals surface area contributed by atoms with E-state index in [1.165, 1.54) is 4.57 Å². The minimum absolute atomic E-state index is 0.0125. The molecule has 31 heavy (non-hydrogen) atoms. The SMILES string of the molecule is Nc1nc2c(nc(Br)n2CC(O)C2OP(S)OCC2O)c(=O)n1CCCC(=O)O.O[OH2+]. The van der Waals surface area contributed by atoms with Gasteiger partial charge in [-0.15, -0.1) is 5.26 Å². The quantitative estimate of drug-likeness (QED) is 0.0635. The number of nitrogens with zero attached hydrogens (tertiary/aromatic N) is 4. The number of anilines is 1. The van der Waals surface area contributed by atoms with Crippen molar-refractivity contribution in [2.24, 2.45) is 0 Å². The van der Waals surface area contributed by atoms with Crippen molar-refractivity contribution in [3.63, 3.8) is 0 Å². The van der Waals surface area contributed by atoms with Crippen LogP contribution >= 0.6 is 35.8 Å². The molecule has 1 aliphatic rings. The van der Waals surface area contributed by atoms with Crippen LogP contribution in [-0.2, 0) is 26.9 Å². The predicted octanol–water partition coefficient (Wildman–Crippen LogP) is -0.720. The van der Waals surface area contributed by atoms with Gasteiger partial charge < -0.3 is 34.7 Å². The number of hydrogen-bond acceptors (Lipinski definition) is 11. The molecule has 14 nitrogen and oxygen atoms in total. The maximum absolute atomic E-state index is 12.7. The van der Waals surface area contributed by atoms with E-state index in [1.807, 2.05) is 0 Å². The van der Waals surface area contributed by atoms with E-state index < -0.39 is 37.4 Å². The van der Waals surface area contributed by atoms with Gasteiger partial charge in [0, 0.05) is 13.0 Å². The van der Waals surface area contributed by atoms with Gasteiger partial charge in [0.1, 0.15) is 18.3 Å². The van der Waals surface area contributed by atoms with Crippen molar-refractivity contribution in [2.75, 3.05) is 12.3 Å². The van der Waals surface area contributed by atoms with Crippen LogP contribution < -0.4 is 11.3 Å². The summed E-state index contributed by atoms with van der Waals surface area (Å²) in [6.07, 6.45) is -3.06. The first-order valence-electron chi connectivity index (χ1n) is 8.70. The minimum Gasteiger partial charge on any atom is -0.481 e. The van der Waals surface area contributed by atoms with E-state index in [-0.39, 0.29) is 54.4 Å². The Morgan fingerprint density at radius 2 is 2.10 bits per heavy atom. The van der Waals surface area contributed by atoms with Crippen molar-refractivity contribution in [3.8, 4) is 0 Å². The fourth-order valence-electron chi connectivity index (χ4n) is 2.90. The number of fused-ring (bicyclic) bond motifs is 1. The molecule has 1 saturated heterocycles. The summed E-state index contributed by atoms with van der Waals surface area (Å²) in [6, 6.07) is 0. The molecule has 0 aliphatic carbocycles. The molecule has 4 atom stereocenters. The topological polar surface area (TPSA) is 218 Å². The number of rotatable bonds is 7. The number of thiol groups is 1. The molecule has 0 aromatic carbocycles. The van der Waals surface area contributed by atoms with Crippen LogP contribution in [-0.4, -0.2) is 75.8 Å². The Kier molecular flexibility index (Phi) is 9.60. The first-order chi connectivity index (χ1) is 14.7. The van der Waals surface area contributed by atoms with Crippen LogP contribution in [0.4, 0.5) is 5.95 Å². The summed E-state index contributed by atoms with van der Waals surface area (Å²) in [4.78, 5) is 31.7. The third kappa shape index (κ3) is 6.12. The summed E-state index contributed by atoms with van der Waals surface area (Å²) in [5.41, 5.74) is 5.53. The third-order valence-electron chi connectivity index (χ3n) is 4.31. The number of aliphatic carboxylic acids is 1. The molecule has 1 fully saturated rings. The molecule has 17 heteroatoms. The maximum atomic E-state index is 12.7. The number of aliphatic hydroxyl groups excluding tert-OH is 2. The van der Waals surface area contributed by atoms with Crippen LogP contribution in [0.5, 0.6) is 0 Å². The van der Waals surface area contributed by atoms with E-state index in [0.717, 1.165) is 4.57 Å². The van der Waals surface area contributed by atoms with Gasteiger partial charge in [-0.2, -0.15) is 4.98 Å². The average Bonchev–Trinajstić information content (AvgIpc) is 3.03. The van der Waals surface area contributed by atoms with Gasteiger partial charge in [0.15, 0.2) is 15.9 Å². The van der Waals surface area contributed by atoms with Gasteiger partial charge in [0.25, 0.3) is 5.56 Å². The maximum Gasteiger partial charge on any atom is 0.303 e. The summed E-state index contributed by atoms with van der Waals surface area (Å²) < 4.78 is 13.3. The van der Waals surface area contributed by atoms with Crippen LogP contribution in [0, 0.1) is 0 Å². The summed E-state index contributed by atoms with van der Waals surface area (Å²) in [7, 11) is -1.51. The number of nitrogen functional groups attached to an aromatic ring is 1. The number of carboxylic acid groups (broad SMARTS) is 1. The highest BCUT2D eigenvalue weighted by atomic mass is 79.9. The zero-order valence-electron chi connectivity index (χ0n) is 15.8. The molecule has 0 amide bonds. The number of imidazole rings is 1. The van der Waals surface area contributed by atoms with Crippen LogP contribution in [0.25, 0.3) is 11.2 Å². The van der Waals surface area contributed by atoms with Crippen molar-refractivity contribution in [1.29, 1.82) is 0 Å². The molecular formula is C14H22BrN5O9PS+. The van der Waals surface area contributed by atoms with Crippen molar-refractivity contribution >= 4 is 58.8 Å². The number of aliphatic hydroxyl groups is 2. The summed E-state index contributed by atoms with van der Waals surface area (Å²) >= 11 is 7.33. The zero-order chi connectivity index (χ0) is 23.3. The Morgan fingerprint density at radius 3 is 2.74 bits per heavy atom. The highest BCUT2D eigenvalue weighted by Gasteiger charge is 2.36. The Bertz CT molecular complexity index is 976. The number of hydrogen-bond donors (Lipinski definition) is 6. The molecule has 3 heterocycles. The Hall–Kier alpha value is -1.36. The number of carbonyl (C=O) groups is 1. The first-order valence-corrected chi connectivity index (χ1v) is 11.8. The Balaban J connectivity index is 0.00000166. The van der Waals surface area contributed by atoms with Gasteiger partial charge in [0.05, 0.1) is 13.2 Å². The largest absolute Gasteiger partial charge is 0.481 e. The van der Waals surface area contributed by atoms with Gasteiger partial charge >= 0.3 is 5.97 Å². The molecule has 2 aromatic rings. The number of aromatic nitrogens is 4. The molecule has 3 rings (SSSR count). The lowest BCUT2D eigenvalue weighted by Crippen LogP contribution is -2.45. The lowest BCUT2D eigenvalue weighted by Gasteiger charge is -2.33. The molecule has 8 N–H and O–H groups in total. The Morgan fingerprint density at radius 1 is 1.42 bits per heavy atom. The molecule has 0 bridgehead atoms. The molecule has 2 aromatic heterocycles. The van der Waals surface area contributed by atoms with E-state index in [4.69, 9.17) is 30.4 Å². The highest BCUT2D eigenvalue weighted by molar-refractivity contribution is 9.10. The molecule has 0 radical (unpaired) electrons. The molecule has 174 valence electrons. The van der Waals surface area contributed by atoms with Crippen LogP contribution in [0.2, 0.25) is 0 Å². The van der Waals surface area contributed by atoms with Gasteiger partial charge in [-0.1, -0.05) is 12.2 Å². The smallest absolute Gasteiger partial charge is 0.303 e. The fraction of sp³-hybridized carbons (Fsp3) is 0.571. The second kappa shape index (κ2) is 11.5. The van der Waals surface area contributed by atoms with Crippen LogP contribution in [0.1, 0.15) is 12.8 Å². The first kappa shape index (κ1) is 25.9. The van der Waals surface area contributed by atoms with Gasteiger partial charge in [-0.25, -0.2) is 4.98 Å². The van der Waals surface area contributed by atoms with Crippen molar-refractivity contribution in [2.45, 2.75) is 44.2 Å². The van der Waals surface area contributed by atoms with Crippen molar-refractivity contribution in [3.05, 3.63) is 15.1 Å². The van der Waals surface area contributed by atoms with E-state index in [9.17, 15) is 19.8 Å². The molecular weight excluding hydrogens is 525 g/mol. The number of carboxylic acids is 1. The zero-order valence-corrected chi connectivity index (χ0v) is 19.2. The van der Waals surface area contributed by atoms with Crippen molar-refractivity contribution in [1.82, 2.24) is 19.1 Å². The van der Waals surface area contributed by atoms with Crippen molar-refractivity contribution < 1.29 is 39.7 Å². The Labute approximate surface area is 189 Å². The second-order valence-corrected chi connectivity index (χ2v) is 8.96. The molecule has 0 spiro atoms.